The van der Waals surface area contributed by atoms with E-state index in [1.807, 2.05) is 35.2 Å². The van der Waals surface area contributed by atoms with Gasteiger partial charge < -0.3 is 14.4 Å². The summed E-state index contributed by atoms with van der Waals surface area (Å²) in [6, 6.07) is 9.98. The third kappa shape index (κ3) is 2.48. The molecule has 4 heteroatoms. The first kappa shape index (κ1) is 11.5. The number of amides is 1. The second-order valence-electron chi connectivity index (χ2n) is 4.81. The Bertz CT molecular complexity index is 416. The fourth-order valence-electron chi connectivity index (χ4n) is 2.49. The zero-order valence-corrected chi connectivity index (χ0v) is 10.2. The van der Waals surface area contributed by atoms with Crippen LogP contribution in [0.15, 0.2) is 30.3 Å². The molecule has 2 heterocycles. The van der Waals surface area contributed by atoms with Crippen molar-refractivity contribution in [1.82, 2.24) is 4.90 Å². The molecule has 0 aromatic heterocycles. The summed E-state index contributed by atoms with van der Waals surface area (Å²) in [4.78, 5) is 13.8. The lowest BCUT2D eigenvalue weighted by Crippen LogP contribution is -2.39. The van der Waals surface area contributed by atoms with Gasteiger partial charge in [0.1, 0.15) is 12.7 Å². The highest BCUT2D eigenvalue weighted by molar-refractivity contribution is 5.68. The van der Waals surface area contributed by atoms with Gasteiger partial charge in [0.05, 0.1) is 12.6 Å². The molecular weight excluding hydrogens is 230 g/mol. The maximum Gasteiger partial charge on any atom is 0.410 e. The lowest BCUT2D eigenvalue weighted by molar-refractivity contribution is 0.0871. The van der Waals surface area contributed by atoms with Crippen molar-refractivity contribution in [3.8, 4) is 0 Å². The van der Waals surface area contributed by atoms with Gasteiger partial charge in [-0.05, 0) is 18.4 Å². The number of carbonyl (C=O) groups excluding carboxylic acids is 1. The van der Waals surface area contributed by atoms with Gasteiger partial charge in [0.2, 0.25) is 0 Å². The van der Waals surface area contributed by atoms with E-state index in [0.29, 0.717) is 6.61 Å². The van der Waals surface area contributed by atoms with Gasteiger partial charge in [-0.2, -0.15) is 0 Å². The smallest absolute Gasteiger partial charge is 0.410 e. The van der Waals surface area contributed by atoms with Crippen LogP contribution in [-0.4, -0.2) is 36.3 Å². The normalized spacial score (nSPS) is 26.1. The summed E-state index contributed by atoms with van der Waals surface area (Å²) in [6.07, 6.45) is 2.12. The highest BCUT2D eigenvalue weighted by atomic mass is 16.6. The van der Waals surface area contributed by atoms with E-state index in [0.717, 1.165) is 31.6 Å². The first-order valence-corrected chi connectivity index (χ1v) is 6.43. The minimum absolute atomic E-state index is 0.211. The van der Waals surface area contributed by atoms with Gasteiger partial charge in [0, 0.05) is 6.54 Å². The number of benzene rings is 1. The Kier molecular flexibility index (Phi) is 3.19. The average Bonchev–Trinajstić information content (AvgIpc) is 3.14. The summed E-state index contributed by atoms with van der Waals surface area (Å²) >= 11 is 0. The second kappa shape index (κ2) is 4.98. The minimum Gasteiger partial charge on any atom is -0.445 e. The van der Waals surface area contributed by atoms with Crippen LogP contribution in [0.1, 0.15) is 18.4 Å². The van der Waals surface area contributed by atoms with Crippen LogP contribution in [0.2, 0.25) is 0 Å². The van der Waals surface area contributed by atoms with Gasteiger partial charge >= 0.3 is 6.09 Å². The SMILES string of the molecule is O=C(OCc1ccccc1)N1CCC[C@@H]1[C@@H]1CO1. The topological polar surface area (TPSA) is 42.1 Å². The standard InChI is InChI=1S/C14H17NO3/c16-14(18-9-11-5-2-1-3-6-11)15-8-4-7-12(15)13-10-17-13/h1-3,5-6,12-13H,4,7-10H2/t12-,13+/m1/s1. The molecular formula is C14H17NO3. The summed E-state index contributed by atoms with van der Waals surface area (Å²) < 4.78 is 10.6. The molecule has 2 atom stereocenters. The Hall–Kier alpha value is -1.55. The van der Waals surface area contributed by atoms with Crippen LogP contribution in [0.5, 0.6) is 0 Å². The van der Waals surface area contributed by atoms with Crippen LogP contribution >= 0.6 is 0 Å². The van der Waals surface area contributed by atoms with E-state index in [-0.39, 0.29) is 18.2 Å². The molecule has 0 N–H and O–H groups in total. The molecule has 2 fully saturated rings. The molecule has 0 saturated carbocycles. The van der Waals surface area contributed by atoms with Crippen molar-refractivity contribution in [3.63, 3.8) is 0 Å². The van der Waals surface area contributed by atoms with E-state index in [4.69, 9.17) is 9.47 Å². The fraction of sp³-hybridized carbons (Fsp3) is 0.500. The molecule has 2 saturated heterocycles. The molecule has 1 aromatic rings. The Morgan fingerprint density at radius 2 is 2.17 bits per heavy atom. The first-order valence-electron chi connectivity index (χ1n) is 6.43. The molecule has 0 unspecified atom stereocenters. The van der Waals surface area contributed by atoms with Crippen LogP contribution in [0.25, 0.3) is 0 Å². The Balaban J connectivity index is 1.54. The molecule has 0 aliphatic carbocycles. The summed E-state index contributed by atoms with van der Waals surface area (Å²) in [5.41, 5.74) is 1.02. The quantitative estimate of drug-likeness (QED) is 0.769. The zero-order chi connectivity index (χ0) is 12.4. The molecule has 3 rings (SSSR count). The summed E-state index contributed by atoms with van der Waals surface area (Å²) in [6.45, 7) is 1.92. The van der Waals surface area contributed by atoms with E-state index < -0.39 is 0 Å². The molecule has 18 heavy (non-hydrogen) atoms. The molecule has 2 aliphatic rings. The van der Waals surface area contributed by atoms with Crippen molar-refractivity contribution in [1.29, 1.82) is 0 Å². The van der Waals surface area contributed by atoms with E-state index in [2.05, 4.69) is 0 Å². The lowest BCUT2D eigenvalue weighted by Gasteiger charge is -2.22. The van der Waals surface area contributed by atoms with Crippen molar-refractivity contribution in [2.24, 2.45) is 0 Å². The number of nitrogens with zero attached hydrogens (tertiary/aromatic N) is 1. The van der Waals surface area contributed by atoms with Gasteiger partial charge in [-0.25, -0.2) is 4.79 Å². The van der Waals surface area contributed by atoms with E-state index in [1.54, 1.807) is 0 Å². The Morgan fingerprint density at radius 3 is 2.89 bits per heavy atom. The van der Waals surface area contributed by atoms with Crippen LogP contribution in [-0.2, 0) is 16.1 Å². The van der Waals surface area contributed by atoms with Gasteiger partial charge in [0.25, 0.3) is 0 Å². The number of epoxide rings is 1. The van der Waals surface area contributed by atoms with E-state index in [9.17, 15) is 4.79 Å². The largest absolute Gasteiger partial charge is 0.445 e. The van der Waals surface area contributed by atoms with E-state index >= 15 is 0 Å². The maximum absolute atomic E-state index is 12.0. The zero-order valence-electron chi connectivity index (χ0n) is 10.2. The van der Waals surface area contributed by atoms with Crippen LogP contribution in [0.4, 0.5) is 4.79 Å². The van der Waals surface area contributed by atoms with Crippen LogP contribution < -0.4 is 0 Å². The predicted molar refractivity (Wildman–Crippen MR) is 66.1 cm³/mol. The fourth-order valence-corrected chi connectivity index (χ4v) is 2.49. The van der Waals surface area contributed by atoms with Gasteiger partial charge in [-0.1, -0.05) is 30.3 Å². The van der Waals surface area contributed by atoms with Gasteiger partial charge in [-0.15, -0.1) is 0 Å². The summed E-state index contributed by atoms with van der Waals surface area (Å²) in [5.74, 6) is 0. The van der Waals surface area contributed by atoms with Gasteiger partial charge in [-0.3, -0.25) is 0 Å². The highest BCUT2D eigenvalue weighted by Gasteiger charge is 2.42. The van der Waals surface area contributed by atoms with Crippen molar-refractivity contribution < 1.29 is 14.3 Å². The third-order valence-corrected chi connectivity index (χ3v) is 3.53. The number of carbonyl (C=O) groups is 1. The summed E-state index contributed by atoms with van der Waals surface area (Å²) in [7, 11) is 0. The molecule has 1 aromatic carbocycles. The molecule has 0 bridgehead atoms. The predicted octanol–water partition coefficient (Wildman–Crippen LogP) is 2.19. The summed E-state index contributed by atoms with van der Waals surface area (Å²) in [5, 5.41) is 0. The Morgan fingerprint density at radius 1 is 1.39 bits per heavy atom. The number of likely N-dealkylation sites (tertiary alicyclic amines) is 1. The number of rotatable bonds is 3. The number of hydrogen-bond donors (Lipinski definition) is 0. The minimum atomic E-state index is -0.211. The third-order valence-electron chi connectivity index (χ3n) is 3.53. The first-order chi connectivity index (χ1) is 8.84. The molecule has 4 nitrogen and oxygen atoms in total. The van der Waals surface area contributed by atoms with Crippen molar-refractivity contribution >= 4 is 6.09 Å². The maximum atomic E-state index is 12.0. The van der Waals surface area contributed by atoms with Crippen molar-refractivity contribution in [2.45, 2.75) is 31.6 Å². The van der Waals surface area contributed by atoms with Crippen molar-refractivity contribution in [2.75, 3.05) is 13.2 Å². The monoisotopic (exact) mass is 247 g/mol. The number of ether oxygens (including phenoxy) is 2. The molecule has 0 spiro atoms. The second-order valence-corrected chi connectivity index (χ2v) is 4.81. The molecule has 96 valence electrons. The lowest BCUT2D eigenvalue weighted by atomic mass is 10.2. The average molecular weight is 247 g/mol. The number of hydrogen-bond acceptors (Lipinski definition) is 3. The molecule has 1 amide bonds. The van der Waals surface area contributed by atoms with Gasteiger partial charge in [0.15, 0.2) is 0 Å². The Labute approximate surface area is 106 Å². The highest BCUT2D eigenvalue weighted by Crippen LogP contribution is 2.28. The molecule has 2 aliphatic heterocycles. The molecule has 0 radical (unpaired) electrons. The van der Waals surface area contributed by atoms with Crippen LogP contribution in [0.3, 0.4) is 0 Å². The van der Waals surface area contributed by atoms with Crippen molar-refractivity contribution in [3.05, 3.63) is 35.9 Å². The van der Waals surface area contributed by atoms with E-state index in [1.165, 1.54) is 0 Å². The van der Waals surface area contributed by atoms with Crippen LogP contribution in [0, 0.1) is 0 Å².